The van der Waals surface area contributed by atoms with Gasteiger partial charge in [-0.2, -0.15) is 0 Å². The zero-order chi connectivity index (χ0) is 17.9. The van der Waals surface area contributed by atoms with E-state index in [1.165, 1.54) is 32.7 Å². The van der Waals surface area contributed by atoms with Gasteiger partial charge in [-0.15, -0.1) is 0 Å². The molecule has 0 N–H and O–H groups in total. The standard InChI is InChI=1S/C24H24OSi/c1-2-23(26)25-24(21-15-7-11-17-9-3-5-13-19(17)21)22-16-8-12-18-10-4-6-14-20(18)22/h3-16,23-24H,2H2,1,26H3. The second-order valence-electron chi connectivity index (χ2n) is 6.87. The summed E-state index contributed by atoms with van der Waals surface area (Å²) in [6, 6.07) is 30.3. The first-order valence-corrected chi connectivity index (χ1v) is 10.5. The predicted octanol–water partition coefficient (Wildman–Crippen LogP) is 5.20. The van der Waals surface area contributed by atoms with Gasteiger partial charge >= 0.3 is 0 Å². The van der Waals surface area contributed by atoms with Gasteiger partial charge in [0.2, 0.25) is 0 Å². The number of hydrogen-bond acceptors (Lipinski definition) is 1. The lowest BCUT2D eigenvalue weighted by molar-refractivity contribution is 0.0553. The van der Waals surface area contributed by atoms with Crippen LogP contribution in [0.5, 0.6) is 0 Å². The first kappa shape index (κ1) is 17.0. The lowest BCUT2D eigenvalue weighted by atomic mass is 9.92. The minimum Gasteiger partial charge on any atom is -0.370 e. The minimum atomic E-state index is -0.0466. The highest BCUT2D eigenvalue weighted by Gasteiger charge is 2.21. The maximum atomic E-state index is 6.65. The number of ether oxygens (including phenoxy) is 1. The fourth-order valence-corrected chi connectivity index (χ4v) is 3.87. The molecular weight excluding hydrogens is 332 g/mol. The third-order valence-electron chi connectivity index (χ3n) is 5.15. The minimum absolute atomic E-state index is 0.0466. The van der Waals surface area contributed by atoms with E-state index in [2.05, 4.69) is 91.9 Å². The van der Waals surface area contributed by atoms with Crippen molar-refractivity contribution in [2.45, 2.75) is 25.2 Å². The fourth-order valence-electron chi connectivity index (χ4n) is 3.60. The van der Waals surface area contributed by atoms with Gasteiger partial charge in [0.1, 0.15) is 6.10 Å². The molecule has 4 aromatic carbocycles. The summed E-state index contributed by atoms with van der Waals surface area (Å²) in [4.78, 5) is 0. The Morgan fingerprint density at radius 2 is 1.15 bits per heavy atom. The summed E-state index contributed by atoms with van der Waals surface area (Å²) < 4.78 is 6.65. The Morgan fingerprint density at radius 1 is 0.692 bits per heavy atom. The summed E-state index contributed by atoms with van der Waals surface area (Å²) in [5.41, 5.74) is 2.85. The van der Waals surface area contributed by atoms with Crippen LogP contribution in [-0.4, -0.2) is 16.0 Å². The van der Waals surface area contributed by atoms with Gasteiger partial charge < -0.3 is 4.74 Å². The molecule has 0 saturated heterocycles. The molecule has 1 unspecified atom stereocenters. The van der Waals surface area contributed by atoms with E-state index in [0.29, 0.717) is 5.73 Å². The van der Waals surface area contributed by atoms with Crippen LogP contribution >= 0.6 is 0 Å². The molecule has 0 aliphatic heterocycles. The van der Waals surface area contributed by atoms with Crippen molar-refractivity contribution in [2.75, 3.05) is 0 Å². The van der Waals surface area contributed by atoms with Gasteiger partial charge in [0.25, 0.3) is 0 Å². The Bertz CT molecular complexity index is 950. The second-order valence-corrected chi connectivity index (χ2v) is 8.16. The van der Waals surface area contributed by atoms with E-state index in [0.717, 1.165) is 16.7 Å². The van der Waals surface area contributed by atoms with Crippen LogP contribution in [0.2, 0.25) is 0 Å². The molecular formula is C24H24OSi. The summed E-state index contributed by atoms with van der Waals surface area (Å²) in [5, 5.41) is 5.08. The van der Waals surface area contributed by atoms with Gasteiger partial charge in [-0.1, -0.05) is 91.9 Å². The molecule has 4 aromatic rings. The van der Waals surface area contributed by atoms with Crippen molar-refractivity contribution in [1.82, 2.24) is 0 Å². The van der Waals surface area contributed by atoms with Crippen LogP contribution in [0.3, 0.4) is 0 Å². The van der Waals surface area contributed by atoms with Crippen molar-refractivity contribution in [1.29, 1.82) is 0 Å². The van der Waals surface area contributed by atoms with Crippen LogP contribution in [0.1, 0.15) is 30.6 Å². The zero-order valence-electron chi connectivity index (χ0n) is 15.4. The SMILES string of the molecule is CCC([SiH3])OC(c1cccc2ccccc12)c1cccc2ccccc12. The van der Waals surface area contributed by atoms with Gasteiger partial charge in [0.15, 0.2) is 0 Å². The number of hydrogen-bond donors (Lipinski definition) is 0. The topological polar surface area (TPSA) is 9.23 Å². The Hall–Kier alpha value is -2.42. The van der Waals surface area contributed by atoms with E-state index in [9.17, 15) is 0 Å². The lowest BCUT2D eigenvalue weighted by Crippen LogP contribution is -2.17. The molecule has 4 rings (SSSR count). The smallest absolute Gasteiger partial charge is 0.109 e. The third-order valence-corrected chi connectivity index (χ3v) is 6.24. The van der Waals surface area contributed by atoms with E-state index in [1.54, 1.807) is 0 Å². The highest BCUT2D eigenvalue weighted by atomic mass is 28.1. The Morgan fingerprint density at radius 3 is 1.65 bits per heavy atom. The summed E-state index contributed by atoms with van der Waals surface area (Å²) in [7, 11) is 1.03. The summed E-state index contributed by atoms with van der Waals surface area (Å²) in [6.45, 7) is 2.21. The Kier molecular flexibility index (Phi) is 4.87. The molecule has 2 heteroatoms. The largest absolute Gasteiger partial charge is 0.370 e. The lowest BCUT2D eigenvalue weighted by Gasteiger charge is -2.25. The van der Waals surface area contributed by atoms with Crippen molar-refractivity contribution >= 4 is 31.8 Å². The van der Waals surface area contributed by atoms with Gasteiger partial charge in [0, 0.05) is 16.0 Å². The molecule has 0 spiro atoms. The second kappa shape index (κ2) is 7.44. The van der Waals surface area contributed by atoms with Crippen molar-refractivity contribution in [2.24, 2.45) is 0 Å². The number of benzene rings is 4. The number of rotatable bonds is 5. The zero-order valence-corrected chi connectivity index (χ0v) is 17.4. The monoisotopic (exact) mass is 356 g/mol. The quantitative estimate of drug-likeness (QED) is 0.447. The summed E-state index contributed by atoms with van der Waals surface area (Å²) >= 11 is 0. The predicted molar refractivity (Wildman–Crippen MR) is 115 cm³/mol. The Balaban J connectivity index is 1.95. The van der Waals surface area contributed by atoms with E-state index in [-0.39, 0.29) is 6.10 Å². The molecule has 0 heterocycles. The Labute approximate surface area is 158 Å². The highest BCUT2D eigenvalue weighted by molar-refractivity contribution is 6.11. The molecule has 0 bridgehead atoms. The maximum absolute atomic E-state index is 6.65. The molecule has 1 nitrogen and oxygen atoms in total. The fraction of sp³-hybridized carbons (Fsp3) is 0.167. The normalized spacial score (nSPS) is 12.8. The molecule has 0 saturated carbocycles. The average Bonchev–Trinajstić information content (AvgIpc) is 2.71. The summed E-state index contributed by atoms with van der Waals surface area (Å²) in [6.07, 6.45) is 1.01. The molecule has 0 amide bonds. The molecule has 130 valence electrons. The highest BCUT2D eigenvalue weighted by Crippen LogP contribution is 2.36. The first-order valence-electron chi connectivity index (χ1n) is 9.38. The molecule has 0 radical (unpaired) electrons. The van der Waals surface area contributed by atoms with Crippen molar-refractivity contribution in [3.63, 3.8) is 0 Å². The molecule has 0 aromatic heterocycles. The van der Waals surface area contributed by atoms with Crippen LogP contribution < -0.4 is 0 Å². The van der Waals surface area contributed by atoms with Crippen LogP contribution in [0.15, 0.2) is 84.9 Å². The van der Waals surface area contributed by atoms with Crippen LogP contribution in [0, 0.1) is 0 Å². The number of fused-ring (bicyclic) bond motifs is 2. The molecule has 1 atom stereocenters. The maximum Gasteiger partial charge on any atom is 0.109 e. The van der Waals surface area contributed by atoms with Gasteiger partial charge in [-0.25, -0.2) is 0 Å². The van der Waals surface area contributed by atoms with E-state index in [1.807, 2.05) is 0 Å². The van der Waals surface area contributed by atoms with Gasteiger partial charge in [0.05, 0.1) is 0 Å². The van der Waals surface area contributed by atoms with Crippen molar-refractivity contribution in [3.8, 4) is 0 Å². The van der Waals surface area contributed by atoms with Crippen LogP contribution in [0.4, 0.5) is 0 Å². The third kappa shape index (κ3) is 3.18. The van der Waals surface area contributed by atoms with Gasteiger partial charge in [-0.3, -0.25) is 0 Å². The molecule has 0 fully saturated rings. The van der Waals surface area contributed by atoms with Crippen LogP contribution in [0.25, 0.3) is 21.5 Å². The van der Waals surface area contributed by atoms with Crippen LogP contribution in [-0.2, 0) is 4.74 Å². The first-order chi connectivity index (χ1) is 12.8. The molecule has 0 aliphatic rings. The average molecular weight is 357 g/mol. The van der Waals surface area contributed by atoms with Gasteiger partial charge in [-0.05, 0) is 39.1 Å². The summed E-state index contributed by atoms with van der Waals surface area (Å²) in [5.74, 6) is 0. The van der Waals surface area contributed by atoms with E-state index >= 15 is 0 Å². The molecule has 26 heavy (non-hydrogen) atoms. The van der Waals surface area contributed by atoms with E-state index in [4.69, 9.17) is 4.74 Å². The molecule has 0 aliphatic carbocycles. The van der Waals surface area contributed by atoms with Crippen molar-refractivity contribution in [3.05, 3.63) is 96.1 Å². The van der Waals surface area contributed by atoms with Crippen molar-refractivity contribution < 1.29 is 4.74 Å². The van der Waals surface area contributed by atoms with E-state index < -0.39 is 0 Å².